The fraction of sp³-hybridized carbons (Fsp3) is 0.217. The molecule has 0 amide bonds. The topological polar surface area (TPSA) is 21.3 Å². The van der Waals surface area contributed by atoms with Gasteiger partial charge in [0.15, 0.2) is 0 Å². The summed E-state index contributed by atoms with van der Waals surface area (Å²) >= 11 is 0. The van der Waals surface area contributed by atoms with E-state index < -0.39 is 0 Å². The molecule has 2 nitrogen and oxygen atoms in total. The number of hydrogen-bond acceptors (Lipinski definition) is 2. The molecule has 3 aromatic rings. The summed E-state index contributed by atoms with van der Waals surface area (Å²) < 4.78 is 5.88. The first-order valence-electron chi connectivity index (χ1n) is 8.76. The molecule has 0 fully saturated rings. The molecule has 0 saturated heterocycles. The molecule has 0 aliphatic heterocycles. The Hall–Kier alpha value is -2.58. The molecule has 3 aromatic carbocycles. The van der Waals surface area contributed by atoms with E-state index >= 15 is 0 Å². The highest BCUT2D eigenvalue weighted by Gasteiger charge is 2.04. The van der Waals surface area contributed by atoms with Crippen molar-refractivity contribution in [3.05, 3.63) is 101 Å². The molecule has 2 heteroatoms. The van der Waals surface area contributed by atoms with Crippen molar-refractivity contribution in [1.29, 1.82) is 0 Å². The fourth-order valence-corrected chi connectivity index (χ4v) is 2.80. The van der Waals surface area contributed by atoms with Crippen molar-refractivity contribution >= 4 is 0 Å². The SMILES string of the molecule is Cc1cccc(COc2ccc(CNC(C)c3ccccc3)cc2)c1. The van der Waals surface area contributed by atoms with Gasteiger partial charge in [-0.15, -0.1) is 0 Å². The summed E-state index contributed by atoms with van der Waals surface area (Å²) in [5.74, 6) is 0.904. The molecule has 1 N–H and O–H groups in total. The molecular formula is C23H25NO. The summed E-state index contributed by atoms with van der Waals surface area (Å²) in [5.41, 5.74) is 5.02. The van der Waals surface area contributed by atoms with Crippen LogP contribution in [-0.4, -0.2) is 0 Å². The van der Waals surface area contributed by atoms with E-state index in [2.05, 4.69) is 79.8 Å². The lowest BCUT2D eigenvalue weighted by molar-refractivity contribution is 0.306. The van der Waals surface area contributed by atoms with Crippen LogP contribution < -0.4 is 10.1 Å². The van der Waals surface area contributed by atoms with E-state index in [1.54, 1.807) is 0 Å². The second-order valence-corrected chi connectivity index (χ2v) is 6.43. The Balaban J connectivity index is 1.50. The lowest BCUT2D eigenvalue weighted by Gasteiger charge is -2.14. The zero-order valence-corrected chi connectivity index (χ0v) is 14.9. The minimum absolute atomic E-state index is 0.332. The molecule has 1 atom stereocenters. The summed E-state index contributed by atoms with van der Waals surface area (Å²) in [6, 6.07) is 27.6. The average Bonchev–Trinajstić information content (AvgIpc) is 2.66. The van der Waals surface area contributed by atoms with Crippen molar-refractivity contribution in [2.75, 3.05) is 0 Å². The van der Waals surface area contributed by atoms with Gasteiger partial charge in [0, 0.05) is 12.6 Å². The zero-order chi connectivity index (χ0) is 17.5. The average molecular weight is 331 g/mol. The molecule has 0 spiro atoms. The predicted molar refractivity (Wildman–Crippen MR) is 104 cm³/mol. The normalized spacial score (nSPS) is 11.9. The van der Waals surface area contributed by atoms with Gasteiger partial charge in [0.2, 0.25) is 0 Å². The molecule has 0 aromatic heterocycles. The molecule has 25 heavy (non-hydrogen) atoms. The molecule has 0 bridgehead atoms. The highest BCUT2D eigenvalue weighted by atomic mass is 16.5. The summed E-state index contributed by atoms with van der Waals surface area (Å²) in [6.45, 7) is 5.73. The van der Waals surface area contributed by atoms with Gasteiger partial charge in [0.1, 0.15) is 12.4 Å². The van der Waals surface area contributed by atoms with E-state index in [0.717, 1.165) is 12.3 Å². The summed E-state index contributed by atoms with van der Waals surface area (Å²) in [7, 11) is 0. The molecule has 0 heterocycles. The van der Waals surface area contributed by atoms with Crippen molar-refractivity contribution in [3.8, 4) is 5.75 Å². The van der Waals surface area contributed by atoms with Crippen molar-refractivity contribution in [1.82, 2.24) is 5.32 Å². The predicted octanol–water partition coefficient (Wildman–Crippen LogP) is 5.42. The second kappa shape index (κ2) is 8.50. The Labute approximate surface area is 150 Å². The molecule has 1 unspecified atom stereocenters. The van der Waals surface area contributed by atoms with E-state index in [0.29, 0.717) is 12.6 Å². The van der Waals surface area contributed by atoms with Crippen LogP contribution >= 0.6 is 0 Å². The van der Waals surface area contributed by atoms with Gasteiger partial charge in [-0.1, -0.05) is 72.3 Å². The van der Waals surface area contributed by atoms with E-state index in [1.807, 2.05) is 18.2 Å². The first kappa shape index (κ1) is 17.2. The third-order valence-corrected chi connectivity index (χ3v) is 4.32. The highest BCUT2D eigenvalue weighted by molar-refractivity contribution is 5.28. The van der Waals surface area contributed by atoms with Gasteiger partial charge in [-0.3, -0.25) is 0 Å². The van der Waals surface area contributed by atoms with Gasteiger partial charge in [-0.05, 0) is 42.7 Å². The molecule has 128 valence electrons. The second-order valence-electron chi connectivity index (χ2n) is 6.43. The standard InChI is InChI=1S/C23H25NO/c1-18-7-6-8-21(15-18)17-25-23-13-11-20(12-14-23)16-24-19(2)22-9-4-3-5-10-22/h3-15,19,24H,16-17H2,1-2H3. The Morgan fingerprint density at radius 2 is 1.60 bits per heavy atom. The van der Waals surface area contributed by atoms with Crippen molar-refractivity contribution in [2.24, 2.45) is 0 Å². The Bertz CT molecular complexity index is 781. The molecule has 0 saturated carbocycles. The minimum atomic E-state index is 0.332. The van der Waals surface area contributed by atoms with Crippen LogP contribution in [0.3, 0.4) is 0 Å². The van der Waals surface area contributed by atoms with Crippen LogP contribution in [0, 0.1) is 6.92 Å². The van der Waals surface area contributed by atoms with Gasteiger partial charge in [0.25, 0.3) is 0 Å². The summed E-state index contributed by atoms with van der Waals surface area (Å²) in [4.78, 5) is 0. The lowest BCUT2D eigenvalue weighted by Crippen LogP contribution is -2.17. The van der Waals surface area contributed by atoms with Gasteiger partial charge in [0.05, 0.1) is 0 Å². The van der Waals surface area contributed by atoms with Crippen LogP contribution in [0.25, 0.3) is 0 Å². The third kappa shape index (κ3) is 5.20. The summed E-state index contributed by atoms with van der Waals surface area (Å²) in [5, 5.41) is 3.56. The van der Waals surface area contributed by atoms with Crippen molar-refractivity contribution in [3.63, 3.8) is 0 Å². The Morgan fingerprint density at radius 3 is 2.32 bits per heavy atom. The lowest BCUT2D eigenvalue weighted by atomic mass is 10.1. The quantitative estimate of drug-likeness (QED) is 0.624. The van der Waals surface area contributed by atoms with E-state index in [1.165, 1.54) is 22.3 Å². The largest absolute Gasteiger partial charge is 0.489 e. The number of aryl methyl sites for hydroxylation is 1. The summed E-state index contributed by atoms with van der Waals surface area (Å²) in [6.07, 6.45) is 0. The smallest absolute Gasteiger partial charge is 0.119 e. The van der Waals surface area contributed by atoms with E-state index in [-0.39, 0.29) is 0 Å². The van der Waals surface area contributed by atoms with Gasteiger partial charge >= 0.3 is 0 Å². The first-order valence-corrected chi connectivity index (χ1v) is 8.76. The number of benzene rings is 3. The van der Waals surface area contributed by atoms with Crippen LogP contribution in [0.1, 0.15) is 35.2 Å². The van der Waals surface area contributed by atoms with Gasteiger partial charge in [-0.2, -0.15) is 0 Å². The molecule has 0 radical (unpaired) electrons. The first-order chi connectivity index (χ1) is 12.2. The fourth-order valence-electron chi connectivity index (χ4n) is 2.80. The molecule has 0 aliphatic carbocycles. The van der Waals surface area contributed by atoms with Crippen LogP contribution in [-0.2, 0) is 13.2 Å². The van der Waals surface area contributed by atoms with Crippen LogP contribution in [0.2, 0.25) is 0 Å². The Morgan fingerprint density at radius 1 is 0.840 bits per heavy atom. The Kier molecular flexibility index (Phi) is 5.86. The zero-order valence-electron chi connectivity index (χ0n) is 14.9. The number of ether oxygens (including phenoxy) is 1. The van der Waals surface area contributed by atoms with Crippen LogP contribution in [0.15, 0.2) is 78.9 Å². The maximum atomic E-state index is 5.88. The van der Waals surface area contributed by atoms with Crippen molar-refractivity contribution in [2.45, 2.75) is 33.0 Å². The maximum Gasteiger partial charge on any atom is 0.119 e. The minimum Gasteiger partial charge on any atom is -0.489 e. The maximum absolute atomic E-state index is 5.88. The number of rotatable bonds is 7. The van der Waals surface area contributed by atoms with Crippen LogP contribution in [0.4, 0.5) is 0 Å². The van der Waals surface area contributed by atoms with E-state index in [4.69, 9.17) is 4.74 Å². The van der Waals surface area contributed by atoms with E-state index in [9.17, 15) is 0 Å². The third-order valence-electron chi connectivity index (χ3n) is 4.32. The van der Waals surface area contributed by atoms with Crippen molar-refractivity contribution < 1.29 is 4.74 Å². The molecular weight excluding hydrogens is 306 g/mol. The number of hydrogen-bond donors (Lipinski definition) is 1. The van der Waals surface area contributed by atoms with Gasteiger partial charge in [-0.25, -0.2) is 0 Å². The molecule has 0 aliphatic rings. The number of nitrogens with one attached hydrogen (secondary N) is 1. The highest BCUT2D eigenvalue weighted by Crippen LogP contribution is 2.16. The monoisotopic (exact) mass is 331 g/mol. The van der Waals surface area contributed by atoms with Gasteiger partial charge < -0.3 is 10.1 Å². The van der Waals surface area contributed by atoms with Crippen LogP contribution in [0.5, 0.6) is 5.75 Å². The molecule has 3 rings (SSSR count).